The molecule has 0 saturated heterocycles. The predicted octanol–water partition coefficient (Wildman–Crippen LogP) is 4.08. The van der Waals surface area contributed by atoms with Gasteiger partial charge in [0.2, 0.25) is 5.91 Å². The summed E-state index contributed by atoms with van der Waals surface area (Å²) in [6.07, 6.45) is 5.45. The van der Waals surface area contributed by atoms with Gasteiger partial charge in [-0.15, -0.1) is 0 Å². The Morgan fingerprint density at radius 2 is 1.85 bits per heavy atom. The molecule has 2 N–H and O–H groups in total. The summed E-state index contributed by atoms with van der Waals surface area (Å²) in [7, 11) is 1.74. The van der Waals surface area contributed by atoms with Gasteiger partial charge in [-0.1, -0.05) is 0 Å². The summed E-state index contributed by atoms with van der Waals surface area (Å²) in [6.45, 7) is 3.78. The first-order valence-electron chi connectivity index (χ1n) is 10.8. The number of rotatable bonds is 6. The molecule has 33 heavy (non-hydrogen) atoms. The predicted molar refractivity (Wildman–Crippen MR) is 124 cm³/mol. The van der Waals surface area contributed by atoms with Gasteiger partial charge >= 0.3 is 0 Å². The largest absolute Gasteiger partial charge is 0.456 e. The molecule has 1 aromatic carbocycles. The molecule has 1 fully saturated rings. The Labute approximate surface area is 190 Å². The average molecular weight is 444 g/mol. The van der Waals surface area contributed by atoms with Gasteiger partial charge in [0, 0.05) is 24.7 Å². The number of nitrogens with one attached hydrogen (secondary N) is 2. The van der Waals surface area contributed by atoms with Gasteiger partial charge in [-0.05, 0) is 62.6 Å². The molecule has 1 aliphatic rings. The Kier molecular flexibility index (Phi) is 5.08. The third kappa shape index (κ3) is 4.57. The minimum absolute atomic E-state index is 0.0190. The van der Waals surface area contributed by atoms with Crippen molar-refractivity contribution in [3.05, 3.63) is 65.7 Å². The third-order valence-electron chi connectivity index (χ3n) is 5.40. The fourth-order valence-corrected chi connectivity index (χ4v) is 3.70. The number of aromatic nitrogens is 4. The molecule has 0 atom stereocenters. The number of ether oxygens (including phenoxy) is 1. The first-order valence-corrected chi connectivity index (χ1v) is 10.8. The van der Waals surface area contributed by atoms with Crippen LogP contribution in [0.15, 0.2) is 48.8 Å². The summed E-state index contributed by atoms with van der Waals surface area (Å²) in [5.74, 6) is 1.61. The van der Waals surface area contributed by atoms with Crippen molar-refractivity contribution in [2.75, 3.05) is 10.6 Å². The van der Waals surface area contributed by atoms with Gasteiger partial charge < -0.3 is 19.8 Å². The molecule has 0 aliphatic heterocycles. The number of benzene rings is 1. The van der Waals surface area contributed by atoms with E-state index < -0.39 is 0 Å². The van der Waals surface area contributed by atoms with Crippen molar-refractivity contribution in [1.82, 2.24) is 19.2 Å². The summed E-state index contributed by atoms with van der Waals surface area (Å²) in [4.78, 5) is 29.1. The Bertz CT molecular complexity index is 1380. The zero-order valence-corrected chi connectivity index (χ0v) is 18.6. The number of aryl methyl sites for hydroxylation is 3. The van der Waals surface area contributed by atoms with E-state index in [-0.39, 0.29) is 17.7 Å². The summed E-state index contributed by atoms with van der Waals surface area (Å²) >= 11 is 0. The second-order valence-electron chi connectivity index (χ2n) is 8.41. The molecule has 3 aromatic heterocycles. The average Bonchev–Trinajstić information content (AvgIpc) is 3.44. The molecule has 0 spiro atoms. The second kappa shape index (κ2) is 8.09. The van der Waals surface area contributed by atoms with Crippen LogP contribution in [0.25, 0.3) is 5.65 Å². The first-order chi connectivity index (χ1) is 15.8. The number of pyridine rings is 1. The van der Waals surface area contributed by atoms with Gasteiger partial charge in [0.1, 0.15) is 22.8 Å². The van der Waals surface area contributed by atoms with E-state index in [1.807, 2.05) is 38.1 Å². The zero-order valence-electron chi connectivity index (χ0n) is 18.6. The minimum Gasteiger partial charge on any atom is -0.456 e. The van der Waals surface area contributed by atoms with Crippen LogP contribution in [-0.2, 0) is 11.8 Å². The molecule has 0 bridgehead atoms. The topological polar surface area (TPSA) is 103 Å². The van der Waals surface area contributed by atoms with Crippen LogP contribution in [0.3, 0.4) is 0 Å². The van der Waals surface area contributed by atoms with E-state index >= 15 is 0 Å². The number of imidazole rings is 1. The maximum absolute atomic E-state index is 12.6. The summed E-state index contributed by atoms with van der Waals surface area (Å²) < 4.78 is 9.42. The highest BCUT2D eigenvalue weighted by molar-refractivity contribution is 6.03. The van der Waals surface area contributed by atoms with Crippen LogP contribution in [-0.4, -0.2) is 31.0 Å². The van der Waals surface area contributed by atoms with Gasteiger partial charge in [-0.25, -0.2) is 4.98 Å². The summed E-state index contributed by atoms with van der Waals surface area (Å²) in [6, 6.07) is 10.9. The Morgan fingerprint density at radius 3 is 2.58 bits per heavy atom. The van der Waals surface area contributed by atoms with Crippen LogP contribution in [0.4, 0.5) is 11.5 Å². The van der Waals surface area contributed by atoms with Gasteiger partial charge in [0.15, 0.2) is 5.82 Å². The zero-order chi connectivity index (χ0) is 23.1. The molecule has 168 valence electrons. The van der Waals surface area contributed by atoms with Crippen molar-refractivity contribution >= 4 is 29.0 Å². The molecule has 1 aliphatic carbocycles. The molecule has 0 radical (unpaired) electrons. The summed E-state index contributed by atoms with van der Waals surface area (Å²) in [5.41, 5.74) is 3.53. The number of fused-ring (bicyclic) bond motifs is 1. The highest BCUT2D eigenvalue weighted by Crippen LogP contribution is 2.30. The quantitative estimate of drug-likeness (QED) is 0.467. The van der Waals surface area contributed by atoms with Crippen molar-refractivity contribution in [3.8, 4) is 11.5 Å². The van der Waals surface area contributed by atoms with Gasteiger partial charge in [0.05, 0.1) is 18.1 Å². The first kappa shape index (κ1) is 20.7. The van der Waals surface area contributed by atoms with E-state index in [2.05, 4.69) is 20.7 Å². The Morgan fingerprint density at radius 1 is 1.03 bits per heavy atom. The van der Waals surface area contributed by atoms with E-state index in [0.29, 0.717) is 34.3 Å². The van der Waals surface area contributed by atoms with Crippen LogP contribution < -0.4 is 15.4 Å². The van der Waals surface area contributed by atoms with Crippen molar-refractivity contribution in [2.45, 2.75) is 26.7 Å². The Hall–Kier alpha value is -4.14. The number of nitrogens with zero attached hydrogens (tertiary/aromatic N) is 4. The monoisotopic (exact) mass is 444 g/mol. The number of amides is 2. The third-order valence-corrected chi connectivity index (χ3v) is 5.40. The Balaban J connectivity index is 1.33. The molecule has 9 heteroatoms. The van der Waals surface area contributed by atoms with Crippen molar-refractivity contribution in [3.63, 3.8) is 0 Å². The molecule has 9 nitrogen and oxygen atoms in total. The molecule has 5 rings (SSSR count). The molecular formula is C24H24N6O3. The summed E-state index contributed by atoms with van der Waals surface area (Å²) in [5, 5.41) is 9.99. The highest BCUT2D eigenvalue weighted by Gasteiger charge is 2.30. The van der Waals surface area contributed by atoms with E-state index in [1.54, 1.807) is 40.7 Å². The van der Waals surface area contributed by atoms with Gasteiger partial charge in [0.25, 0.3) is 5.91 Å². The van der Waals surface area contributed by atoms with Crippen LogP contribution in [0.1, 0.15) is 34.6 Å². The molecule has 0 unspecified atom stereocenters. The second-order valence-corrected chi connectivity index (χ2v) is 8.41. The molecule has 1 saturated carbocycles. The van der Waals surface area contributed by atoms with E-state index in [0.717, 1.165) is 24.1 Å². The van der Waals surface area contributed by atoms with Crippen LogP contribution in [0.2, 0.25) is 0 Å². The molecular weight excluding hydrogens is 420 g/mol. The fraction of sp³-hybridized carbons (Fsp3) is 0.250. The maximum Gasteiger partial charge on any atom is 0.273 e. The number of carbonyl (C=O) groups excluding carboxylic acids is 2. The van der Waals surface area contributed by atoms with Crippen molar-refractivity contribution in [2.24, 2.45) is 13.0 Å². The van der Waals surface area contributed by atoms with E-state index in [9.17, 15) is 9.59 Å². The maximum atomic E-state index is 12.6. The van der Waals surface area contributed by atoms with Crippen LogP contribution >= 0.6 is 0 Å². The van der Waals surface area contributed by atoms with Gasteiger partial charge in [-0.2, -0.15) is 5.10 Å². The SMILES string of the molecule is Cc1cc(NC(=O)c2cc(C)nn2C)cc(Oc2ccc3nc(NC(=O)C4CC4)cn3c2)c1. The van der Waals surface area contributed by atoms with E-state index in [4.69, 9.17) is 4.74 Å². The van der Waals surface area contributed by atoms with Crippen LogP contribution in [0, 0.1) is 19.8 Å². The van der Waals surface area contributed by atoms with Crippen molar-refractivity contribution in [1.29, 1.82) is 0 Å². The van der Waals surface area contributed by atoms with E-state index in [1.165, 1.54) is 0 Å². The minimum atomic E-state index is -0.241. The highest BCUT2D eigenvalue weighted by atomic mass is 16.5. The number of hydrogen-bond acceptors (Lipinski definition) is 5. The smallest absolute Gasteiger partial charge is 0.273 e. The van der Waals surface area contributed by atoms with Crippen LogP contribution in [0.5, 0.6) is 11.5 Å². The lowest BCUT2D eigenvalue weighted by atomic mass is 10.2. The number of carbonyl (C=O) groups is 2. The number of hydrogen-bond donors (Lipinski definition) is 2. The standard InChI is InChI=1S/C24H24N6O3/c1-14-8-17(25-24(32)20-10-15(2)28-29(20)3)11-19(9-14)33-18-6-7-22-26-21(13-30(22)12-18)27-23(31)16-4-5-16/h6-13,16H,4-5H2,1-3H3,(H,25,32)(H,27,31). The lowest BCUT2D eigenvalue weighted by molar-refractivity contribution is -0.117. The molecule has 4 aromatic rings. The lowest BCUT2D eigenvalue weighted by Crippen LogP contribution is -2.16. The normalized spacial score (nSPS) is 13.2. The number of anilines is 2. The van der Waals surface area contributed by atoms with Gasteiger partial charge in [-0.3, -0.25) is 14.3 Å². The van der Waals surface area contributed by atoms with Crippen molar-refractivity contribution < 1.29 is 14.3 Å². The lowest BCUT2D eigenvalue weighted by Gasteiger charge is -2.11. The fourth-order valence-electron chi connectivity index (χ4n) is 3.70. The molecule has 3 heterocycles. The molecule has 2 amide bonds.